The summed E-state index contributed by atoms with van der Waals surface area (Å²) in [7, 11) is 0. The average molecular weight is 346 g/mol. The van der Waals surface area contributed by atoms with E-state index in [0.717, 1.165) is 12.5 Å². The zero-order chi connectivity index (χ0) is 14.9. The normalized spacial score (nSPS) is 24.7. The molecule has 1 atom stereocenters. The molecule has 1 saturated heterocycles. The van der Waals surface area contributed by atoms with Gasteiger partial charge in [0.1, 0.15) is 0 Å². The number of benzene rings is 1. The van der Waals surface area contributed by atoms with E-state index in [4.69, 9.17) is 4.74 Å². The fourth-order valence-corrected chi connectivity index (χ4v) is 4.35. The first kappa shape index (κ1) is 14.5. The van der Waals surface area contributed by atoms with Gasteiger partial charge in [-0.1, -0.05) is 0 Å². The molecular weight excluding hydrogens is 325 g/mol. The summed E-state index contributed by atoms with van der Waals surface area (Å²) in [5.74, 6) is 0.952. The second-order valence-electron chi connectivity index (χ2n) is 6.42. The van der Waals surface area contributed by atoms with E-state index in [1.54, 1.807) is 0 Å². The maximum absolute atomic E-state index is 5.93. The Hall–Kier alpha value is -1.44. The first-order chi connectivity index (χ1) is 10.0. The Morgan fingerprint density at radius 2 is 1.95 bits per heavy atom. The molecule has 1 aromatic rings. The second-order valence-corrected chi connectivity index (χ2v) is 8.76. The fraction of sp³-hybridized carbons (Fsp3) is 0.333. The van der Waals surface area contributed by atoms with Crippen molar-refractivity contribution in [3.63, 3.8) is 0 Å². The van der Waals surface area contributed by atoms with E-state index in [-0.39, 0.29) is 5.41 Å². The first-order valence-corrected chi connectivity index (χ1v) is 9.00. The van der Waals surface area contributed by atoms with Crippen LogP contribution in [0.3, 0.4) is 0 Å². The molecule has 1 aliphatic carbocycles. The van der Waals surface area contributed by atoms with Crippen molar-refractivity contribution in [1.82, 2.24) is 5.32 Å². The van der Waals surface area contributed by atoms with Gasteiger partial charge in [0.25, 0.3) is 0 Å². The van der Waals surface area contributed by atoms with Crippen molar-refractivity contribution >= 4 is 19.4 Å². The summed E-state index contributed by atoms with van der Waals surface area (Å²) in [4.78, 5) is 0. The summed E-state index contributed by atoms with van der Waals surface area (Å²) in [6.45, 7) is 7.49. The topological polar surface area (TPSA) is 21.3 Å². The molecule has 0 amide bonds. The Morgan fingerprint density at radius 3 is 2.62 bits per heavy atom. The Bertz CT molecular complexity index is 608. The van der Waals surface area contributed by atoms with Gasteiger partial charge in [-0.3, -0.25) is 0 Å². The predicted octanol–water partition coefficient (Wildman–Crippen LogP) is 2.72. The van der Waals surface area contributed by atoms with Gasteiger partial charge in [0, 0.05) is 0 Å². The minimum absolute atomic E-state index is 0.207. The van der Waals surface area contributed by atoms with Gasteiger partial charge >= 0.3 is 133 Å². The van der Waals surface area contributed by atoms with Gasteiger partial charge in [-0.2, -0.15) is 0 Å². The molecule has 1 N–H and O–H groups in total. The molecule has 3 heteroatoms. The number of ether oxygens (including phenoxy) is 1. The van der Waals surface area contributed by atoms with Gasteiger partial charge in [-0.25, -0.2) is 0 Å². The van der Waals surface area contributed by atoms with Crippen LogP contribution in [0, 0.1) is 5.41 Å². The summed E-state index contributed by atoms with van der Waals surface area (Å²) < 4.78 is 8.70. The Morgan fingerprint density at radius 1 is 1.19 bits per heavy atom. The molecule has 2 aliphatic rings. The van der Waals surface area contributed by atoms with Crippen LogP contribution in [-0.4, -0.2) is 27.6 Å². The summed E-state index contributed by atoms with van der Waals surface area (Å²) in [5.41, 5.74) is 1.43. The average Bonchev–Trinajstić information content (AvgIpc) is 3.07. The van der Waals surface area contributed by atoms with Crippen molar-refractivity contribution in [3.8, 4) is 0 Å². The molecule has 0 aromatic heterocycles. The van der Waals surface area contributed by atoms with Crippen molar-refractivity contribution < 1.29 is 4.74 Å². The van der Waals surface area contributed by atoms with Crippen molar-refractivity contribution in [2.24, 2.45) is 5.41 Å². The number of hydrogen-bond acceptors (Lipinski definition) is 2. The van der Waals surface area contributed by atoms with Gasteiger partial charge in [0.15, 0.2) is 0 Å². The van der Waals surface area contributed by atoms with E-state index < -0.39 is 0 Å². The van der Waals surface area contributed by atoms with Crippen LogP contribution in [-0.2, 0) is 4.74 Å². The molecule has 0 bridgehead atoms. The van der Waals surface area contributed by atoms with E-state index in [0.29, 0.717) is 21.0 Å². The third-order valence-corrected chi connectivity index (χ3v) is 6.01. The van der Waals surface area contributed by atoms with Gasteiger partial charge < -0.3 is 0 Å². The van der Waals surface area contributed by atoms with E-state index >= 15 is 0 Å². The molecule has 3 rings (SSSR count). The molecule has 1 aliphatic heterocycles. The fourth-order valence-electron chi connectivity index (χ4n) is 2.33. The molecule has 0 spiro atoms. The Balaban J connectivity index is 1.78. The van der Waals surface area contributed by atoms with Gasteiger partial charge in [-0.15, -0.1) is 0 Å². The van der Waals surface area contributed by atoms with Crippen molar-refractivity contribution in [2.75, 3.05) is 6.61 Å². The molecule has 0 radical (unpaired) electrons. The Kier molecular flexibility index (Phi) is 3.97. The molecule has 0 saturated carbocycles. The van der Waals surface area contributed by atoms with Gasteiger partial charge in [0.2, 0.25) is 0 Å². The van der Waals surface area contributed by atoms with Crippen LogP contribution in [0.2, 0.25) is 0 Å². The van der Waals surface area contributed by atoms with Crippen LogP contribution in [0.25, 0.3) is 0 Å². The molecule has 0 unspecified atom stereocenters. The van der Waals surface area contributed by atoms with Crippen LogP contribution in [0.15, 0.2) is 64.5 Å². The summed E-state index contributed by atoms with van der Waals surface area (Å²) >= 11 is 0.317. The van der Waals surface area contributed by atoms with Crippen molar-refractivity contribution in [2.45, 2.75) is 26.8 Å². The maximum atomic E-state index is 5.93. The van der Waals surface area contributed by atoms with Crippen LogP contribution in [0.4, 0.5) is 0 Å². The van der Waals surface area contributed by atoms with Gasteiger partial charge in [0.05, 0.1) is 0 Å². The monoisotopic (exact) mass is 347 g/mol. The van der Waals surface area contributed by atoms with E-state index in [1.165, 1.54) is 14.5 Å². The predicted molar refractivity (Wildman–Crippen MR) is 88.4 cm³/mol. The molecule has 1 heterocycles. The molecule has 2 nitrogen and oxygen atoms in total. The van der Waals surface area contributed by atoms with Crippen LogP contribution in [0.5, 0.6) is 0 Å². The molecular formula is C18H21NOSe. The van der Waals surface area contributed by atoms with Crippen molar-refractivity contribution in [3.05, 3.63) is 64.5 Å². The minimum atomic E-state index is 0.207. The van der Waals surface area contributed by atoms with Crippen LogP contribution >= 0.6 is 0 Å². The van der Waals surface area contributed by atoms with Crippen LogP contribution in [0.1, 0.15) is 20.8 Å². The zero-order valence-electron chi connectivity index (χ0n) is 12.7. The van der Waals surface area contributed by atoms with Crippen LogP contribution < -0.4 is 9.78 Å². The first-order valence-electron chi connectivity index (χ1n) is 7.29. The van der Waals surface area contributed by atoms with E-state index in [2.05, 4.69) is 74.6 Å². The van der Waals surface area contributed by atoms with E-state index in [1.807, 2.05) is 0 Å². The summed E-state index contributed by atoms with van der Waals surface area (Å²) in [6, 6.07) is 11.0. The number of allylic oxidation sites excluding steroid dienone is 5. The third kappa shape index (κ3) is 3.25. The molecule has 1 fully saturated rings. The summed E-state index contributed by atoms with van der Waals surface area (Å²) in [6.07, 6.45) is 6.50. The quantitative estimate of drug-likeness (QED) is 0.832. The summed E-state index contributed by atoms with van der Waals surface area (Å²) in [5, 5.41) is 3.56. The number of rotatable bonds is 2. The van der Waals surface area contributed by atoms with Gasteiger partial charge in [-0.05, 0) is 0 Å². The van der Waals surface area contributed by atoms with Crippen molar-refractivity contribution in [1.29, 1.82) is 0 Å². The SMILES string of the molecule is CC(C)(C)[C@H]1CO/C(=C2/C=CC=C2[Se]c2ccccc2)N1. The second kappa shape index (κ2) is 5.75. The Labute approximate surface area is 133 Å². The molecule has 21 heavy (non-hydrogen) atoms. The standard InChI is InChI=1S/C18H21NOSe/c1-18(2,3)16-12-20-17(19-16)14-10-7-11-15(14)21-13-8-5-4-6-9-13/h4-11,16,19H,12H2,1-3H3/b17-14-/t16-/m1/s1. The number of nitrogens with one attached hydrogen (secondary N) is 1. The molecule has 1 aromatic carbocycles. The molecule has 110 valence electrons. The number of hydrogen-bond donors (Lipinski definition) is 1. The van der Waals surface area contributed by atoms with E-state index in [9.17, 15) is 0 Å². The zero-order valence-corrected chi connectivity index (χ0v) is 14.4. The third-order valence-electron chi connectivity index (χ3n) is 3.74.